The van der Waals surface area contributed by atoms with E-state index in [2.05, 4.69) is 20.8 Å². The maximum absolute atomic E-state index is 5.93. The Labute approximate surface area is 75.1 Å². The van der Waals surface area contributed by atoms with Crippen molar-refractivity contribution in [1.82, 2.24) is 0 Å². The van der Waals surface area contributed by atoms with Crippen LogP contribution in [0.1, 0.15) is 40.0 Å². The van der Waals surface area contributed by atoms with Crippen LogP contribution in [-0.4, -0.2) is 18.1 Å². The summed E-state index contributed by atoms with van der Waals surface area (Å²) in [5.74, 6) is 0. The summed E-state index contributed by atoms with van der Waals surface area (Å²) in [6.07, 6.45) is 3.57. The average Bonchev–Trinajstić information content (AvgIpc) is 1.97. The Kier molecular flexibility index (Phi) is 7.09. The number of hydrogen-bond donors (Lipinski definition) is 0. The highest BCUT2D eigenvalue weighted by Gasteiger charge is 2.00. The second-order valence-corrected chi connectivity index (χ2v) is 3.68. The molecular formula is C9H19ClO. The molecule has 68 valence electrons. The highest BCUT2D eigenvalue weighted by molar-refractivity contribution is 6.20. The first-order chi connectivity index (χ1) is 5.16. The van der Waals surface area contributed by atoms with Gasteiger partial charge in [-0.05, 0) is 33.1 Å². The van der Waals surface area contributed by atoms with Gasteiger partial charge in [0.2, 0.25) is 0 Å². The third-order valence-electron chi connectivity index (χ3n) is 1.56. The molecule has 0 spiro atoms. The zero-order chi connectivity index (χ0) is 8.69. The van der Waals surface area contributed by atoms with Crippen LogP contribution in [0.2, 0.25) is 0 Å². The van der Waals surface area contributed by atoms with Gasteiger partial charge in [-0.1, -0.05) is 6.92 Å². The van der Waals surface area contributed by atoms with Crippen molar-refractivity contribution >= 4 is 11.6 Å². The largest absolute Gasteiger partial charge is 0.379 e. The summed E-state index contributed by atoms with van der Waals surface area (Å²) in [7, 11) is 0. The Hall–Kier alpha value is 0.250. The van der Waals surface area contributed by atoms with E-state index in [9.17, 15) is 0 Å². The van der Waals surface area contributed by atoms with E-state index in [1.807, 2.05) is 0 Å². The third kappa shape index (κ3) is 8.15. The Morgan fingerprint density at radius 3 is 2.45 bits per heavy atom. The minimum atomic E-state index is 0.339. The summed E-state index contributed by atoms with van der Waals surface area (Å²) in [5, 5.41) is 0.339. The van der Waals surface area contributed by atoms with Gasteiger partial charge in [0.15, 0.2) is 0 Å². The topological polar surface area (TPSA) is 9.23 Å². The van der Waals surface area contributed by atoms with Crippen LogP contribution in [0.5, 0.6) is 0 Å². The molecule has 11 heavy (non-hydrogen) atoms. The van der Waals surface area contributed by atoms with Gasteiger partial charge in [0.1, 0.15) is 0 Å². The molecule has 0 radical (unpaired) electrons. The molecule has 0 aliphatic carbocycles. The first-order valence-corrected chi connectivity index (χ1v) is 4.86. The molecule has 0 aromatic rings. The van der Waals surface area contributed by atoms with Crippen molar-refractivity contribution in [2.45, 2.75) is 51.5 Å². The van der Waals surface area contributed by atoms with Gasteiger partial charge >= 0.3 is 0 Å². The third-order valence-corrected chi connectivity index (χ3v) is 2.08. The lowest BCUT2D eigenvalue weighted by atomic mass is 10.2. The van der Waals surface area contributed by atoms with E-state index in [4.69, 9.17) is 16.3 Å². The number of hydrogen-bond acceptors (Lipinski definition) is 1. The van der Waals surface area contributed by atoms with Gasteiger partial charge in [-0.3, -0.25) is 0 Å². The SMILES string of the molecule is CCC(Cl)CCCOC(C)C. The van der Waals surface area contributed by atoms with Crippen molar-refractivity contribution in [2.75, 3.05) is 6.61 Å². The van der Waals surface area contributed by atoms with Crippen molar-refractivity contribution in [2.24, 2.45) is 0 Å². The maximum Gasteiger partial charge on any atom is 0.0518 e. The Morgan fingerprint density at radius 2 is 2.00 bits per heavy atom. The molecule has 0 aromatic carbocycles. The normalized spacial score (nSPS) is 13.9. The summed E-state index contributed by atoms with van der Waals surface area (Å²) in [6.45, 7) is 7.07. The lowest BCUT2D eigenvalue weighted by molar-refractivity contribution is 0.0759. The second-order valence-electron chi connectivity index (χ2n) is 3.07. The van der Waals surface area contributed by atoms with Crippen molar-refractivity contribution in [3.05, 3.63) is 0 Å². The Balaban J connectivity index is 3.01. The van der Waals surface area contributed by atoms with Crippen molar-refractivity contribution in [3.8, 4) is 0 Å². The molecular weight excluding hydrogens is 160 g/mol. The van der Waals surface area contributed by atoms with Crippen LogP contribution in [0, 0.1) is 0 Å². The second kappa shape index (κ2) is 6.93. The molecule has 0 bridgehead atoms. The van der Waals surface area contributed by atoms with E-state index in [1.54, 1.807) is 0 Å². The number of alkyl halides is 1. The van der Waals surface area contributed by atoms with Crippen LogP contribution in [0.3, 0.4) is 0 Å². The van der Waals surface area contributed by atoms with Crippen LogP contribution in [0.15, 0.2) is 0 Å². The molecule has 1 atom stereocenters. The van der Waals surface area contributed by atoms with Crippen LogP contribution in [0.25, 0.3) is 0 Å². The molecule has 0 saturated heterocycles. The molecule has 0 rings (SSSR count). The molecule has 0 saturated carbocycles. The molecule has 0 aliphatic rings. The summed E-state index contributed by atoms with van der Waals surface area (Å²) in [5.41, 5.74) is 0. The van der Waals surface area contributed by atoms with E-state index in [0.717, 1.165) is 25.9 Å². The van der Waals surface area contributed by atoms with E-state index in [0.29, 0.717) is 11.5 Å². The van der Waals surface area contributed by atoms with Gasteiger partial charge in [0.25, 0.3) is 0 Å². The number of halogens is 1. The predicted octanol–water partition coefficient (Wildman–Crippen LogP) is 3.21. The standard InChI is InChI=1S/C9H19ClO/c1-4-9(10)6-5-7-11-8(2)3/h8-9H,4-7H2,1-3H3. The highest BCUT2D eigenvalue weighted by atomic mass is 35.5. The smallest absolute Gasteiger partial charge is 0.0518 e. The molecule has 0 heterocycles. The summed E-state index contributed by atoms with van der Waals surface area (Å²) in [4.78, 5) is 0. The molecule has 0 aliphatic heterocycles. The van der Waals surface area contributed by atoms with Gasteiger partial charge in [-0.25, -0.2) is 0 Å². The van der Waals surface area contributed by atoms with E-state index in [1.165, 1.54) is 0 Å². The minimum Gasteiger partial charge on any atom is -0.379 e. The van der Waals surface area contributed by atoms with Crippen LogP contribution >= 0.6 is 11.6 Å². The Morgan fingerprint density at radius 1 is 1.36 bits per heavy atom. The molecule has 1 nitrogen and oxygen atoms in total. The molecule has 0 aromatic heterocycles. The van der Waals surface area contributed by atoms with Crippen LogP contribution < -0.4 is 0 Å². The van der Waals surface area contributed by atoms with Gasteiger partial charge < -0.3 is 4.74 Å². The fourth-order valence-electron chi connectivity index (χ4n) is 0.828. The maximum atomic E-state index is 5.93. The molecule has 1 unspecified atom stereocenters. The molecule has 0 amide bonds. The monoisotopic (exact) mass is 178 g/mol. The fourth-order valence-corrected chi connectivity index (χ4v) is 0.982. The van der Waals surface area contributed by atoms with Gasteiger partial charge in [0, 0.05) is 12.0 Å². The summed E-state index contributed by atoms with van der Waals surface area (Å²) >= 11 is 5.93. The van der Waals surface area contributed by atoms with Crippen LogP contribution in [0.4, 0.5) is 0 Å². The van der Waals surface area contributed by atoms with Crippen molar-refractivity contribution in [3.63, 3.8) is 0 Å². The quantitative estimate of drug-likeness (QED) is 0.449. The lowest BCUT2D eigenvalue weighted by Gasteiger charge is -2.08. The number of ether oxygens (including phenoxy) is 1. The molecule has 0 N–H and O–H groups in total. The van der Waals surface area contributed by atoms with Crippen molar-refractivity contribution in [1.29, 1.82) is 0 Å². The van der Waals surface area contributed by atoms with E-state index in [-0.39, 0.29) is 0 Å². The summed E-state index contributed by atoms with van der Waals surface area (Å²) in [6, 6.07) is 0. The number of rotatable bonds is 6. The van der Waals surface area contributed by atoms with E-state index < -0.39 is 0 Å². The van der Waals surface area contributed by atoms with Crippen molar-refractivity contribution < 1.29 is 4.74 Å². The Bertz CT molecular complexity index is 83.6. The lowest BCUT2D eigenvalue weighted by Crippen LogP contribution is -2.05. The first kappa shape index (κ1) is 11.2. The zero-order valence-corrected chi connectivity index (χ0v) is 8.53. The van der Waals surface area contributed by atoms with Gasteiger partial charge in [0.05, 0.1) is 6.10 Å². The predicted molar refractivity (Wildman–Crippen MR) is 50.3 cm³/mol. The van der Waals surface area contributed by atoms with Gasteiger partial charge in [-0.15, -0.1) is 11.6 Å². The average molecular weight is 179 g/mol. The fraction of sp³-hybridized carbons (Fsp3) is 1.00. The van der Waals surface area contributed by atoms with E-state index >= 15 is 0 Å². The molecule has 0 fully saturated rings. The summed E-state index contributed by atoms with van der Waals surface area (Å²) < 4.78 is 5.38. The molecule has 2 heteroatoms. The zero-order valence-electron chi connectivity index (χ0n) is 7.77. The highest BCUT2D eigenvalue weighted by Crippen LogP contribution is 2.09. The van der Waals surface area contributed by atoms with Gasteiger partial charge in [-0.2, -0.15) is 0 Å². The van der Waals surface area contributed by atoms with Crippen LogP contribution in [-0.2, 0) is 4.74 Å². The minimum absolute atomic E-state index is 0.339. The first-order valence-electron chi connectivity index (χ1n) is 4.42.